The summed E-state index contributed by atoms with van der Waals surface area (Å²) in [6.45, 7) is 11.7. The number of guanidine groups is 1. The molecule has 2 aromatic rings. The van der Waals surface area contributed by atoms with Crippen molar-refractivity contribution in [1.82, 2.24) is 25.3 Å². The van der Waals surface area contributed by atoms with Gasteiger partial charge in [0, 0.05) is 38.9 Å². The van der Waals surface area contributed by atoms with Crippen LogP contribution in [0.25, 0.3) is 5.69 Å². The first kappa shape index (κ1) is 27.6. The summed E-state index contributed by atoms with van der Waals surface area (Å²) in [5, 5.41) is 22.1. The fourth-order valence-electron chi connectivity index (χ4n) is 3.82. The van der Waals surface area contributed by atoms with Crippen molar-refractivity contribution in [2.75, 3.05) is 52.5 Å². The lowest BCUT2D eigenvalue weighted by Crippen LogP contribution is -2.48. The average molecular weight is 571 g/mol. The Labute approximate surface area is 214 Å². The number of aliphatic imine (C=N–C) groups is 1. The highest BCUT2D eigenvalue weighted by Crippen LogP contribution is 2.13. The van der Waals surface area contributed by atoms with Crippen molar-refractivity contribution in [2.24, 2.45) is 4.99 Å². The molecule has 1 atom stereocenters. The molecule has 1 saturated heterocycles. The largest absolute Gasteiger partial charge is 0.387 e. The average Bonchev–Trinajstić information content (AvgIpc) is 3.16. The van der Waals surface area contributed by atoms with Crippen molar-refractivity contribution in [2.45, 2.75) is 39.2 Å². The third-order valence-electron chi connectivity index (χ3n) is 5.53. The van der Waals surface area contributed by atoms with Crippen LogP contribution >= 0.6 is 24.0 Å². The maximum absolute atomic E-state index is 10.8. The molecule has 1 aromatic heterocycles. The van der Waals surface area contributed by atoms with Crippen LogP contribution in [0.15, 0.2) is 41.5 Å². The third kappa shape index (κ3) is 9.23. The Morgan fingerprint density at radius 1 is 1.21 bits per heavy atom. The van der Waals surface area contributed by atoms with Gasteiger partial charge in [-0.3, -0.25) is 9.89 Å². The van der Waals surface area contributed by atoms with E-state index in [9.17, 15) is 5.11 Å². The summed E-state index contributed by atoms with van der Waals surface area (Å²) in [6.07, 6.45) is 4.03. The normalized spacial score (nSPS) is 16.7. The van der Waals surface area contributed by atoms with Crippen LogP contribution in [0, 0.1) is 6.92 Å². The molecule has 1 fully saturated rings. The quantitative estimate of drug-likeness (QED) is 0.176. The molecular formula is C24H39IN6O2. The van der Waals surface area contributed by atoms with Gasteiger partial charge < -0.3 is 20.5 Å². The second-order valence-electron chi connectivity index (χ2n) is 8.63. The smallest absolute Gasteiger partial charge is 0.191 e. The van der Waals surface area contributed by atoms with Crippen LogP contribution in [0.2, 0.25) is 0 Å². The first-order valence-corrected chi connectivity index (χ1v) is 11.6. The summed E-state index contributed by atoms with van der Waals surface area (Å²) in [6, 6.07) is 10.2. The van der Waals surface area contributed by atoms with E-state index in [0.717, 1.165) is 69.6 Å². The number of aliphatic hydroxyl groups is 1. The SMILES string of the molecule is CCNC(=NCC(C)(O)CN1CCOCC1)NCCCc1cn(-c2ccccc2)nc1C.I. The van der Waals surface area contributed by atoms with E-state index in [2.05, 4.69) is 50.9 Å². The highest BCUT2D eigenvalue weighted by Gasteiger charge is 2.25. The first-order valence-electron chi connectivity index (χ1n) is 11.6. The Morgan fingerprint density at radius 2 is 1.94 bits per heavy atom. The number of nitrogens with zero attached hydrogens (tertiary/aromatic N) is 4. The van der Waals surface area contributed by atoms with Crippen LogP contribution in [-0.2, 0) is 11.2 Å². The van der Waals surface area contributed by atoms with Gasteiger partial charge in [0.15, 0.2) is 5.96 Å². The van der Waals surface area contributed by atoms with E-state index in [1.807, 2.05) is 36.7 Å². The van der Waals surface area contributed by atoms with E-state index in [-0.39, 0.29) is 24.0 Å². The molecule has 0 spiro atoms. The summed E-state index contributed by atoms with van der Waals surface area (Å²) < 4.78 is 7.33. The van der Waals surface area contributed by atoms with Crippen molar-refractivity contribution in [3.8, 4) is 5.69 Å². The Morgan fingerprint density at radius 3 is 2.64 bits per heavy atom. The Balaban J connectivity index is 0.00000385. The number of aryl methyl sites for hydroxylation is 2. The molecule has 8 nitrogen and oxygen atoms in total. The molecule has 1 aliphatic rings. The Bertz CT molecular complexity index is 850. The molecule has 0 saturated carbocycles. The van der Waals surface area contributed by atoms with E-state index in [1.54, 1.807) is 0 Å². The fraction of sp³-hybridized carbons (Fsp3) is 0.583. The number of morpholine rings is 1. The number of β-amino-alcohol motifs (C(OH)–C–C–N with tert-alkyl or cyclic N) is 1. The number of benzene rings is 1. The lowest BCUT2D eigenvalue weighted by Gasteiger charge is -2.33. The third-order valence-corrected chi connectivity index (χ3v) is 5.53. The Kier molecular flexibility index (Phi) is 11.6. The standard InChI is InChI=1S/C24H38N6O2.HI/c1-4-25-23(27-18-24(3,31)19-29-13-15-32-16-14-29)26-12-8-9-21-17-30(28-20(21)2)22-10-6-5-7-11-22;/h5-7,10-11,17,31H,4,8-9,12-16,18-19H2,1-3H3,(H2,25,26,27);1H. The van der Waals surface area contributed by atoms with Gasteiger partial charge in [0.2, 0.25) is 0 Å². The molecular weight excluding hydrogens is 531 g/mol. The summed E-state index contributed by atoms with van der Waals surface area (Å²) in [4.78, 5) is 6.86. The van der Waals surface area contributed by atoms with Crippen LogP contribution in [0.3, 0.4) is 0 Å². The van der Waals surface area contributed by atoms with Crippen molar-refractivity contribution < 1.29 is 9.84 Å². The minimum Gasteiger partial charge on any atom is -0.387 e. The summed E-state index contributed by atoms with van der Waals surface area (Å²) >= 11 is 0. The molecule has 1 unspecified atom stereocenters. The summed E-state index contributed by atoms with van der Waals surface area (Å²) in [5.74, 6) is 0.742. The highest BCUT2D eigenvalue weighted by atomic mass is 127. The molecule has 0 radical (unpaired) electrons. The molecule has 0 bridgehead atoms. The molecule has 0 amide bonds. The molecule has 0 aliphatic carbocycles. The molecule has 1 aliphatic heterocycles. The number of ether oxygens (including phenoxy) is 1. The molecule has 9 heteroatoms. The predicted molar refractivity (Wildman–Crippen MR) is 144 cm³/mol. The minimum absolute atomic E-state index is 0. The number of rotatable bonds is 10. The van der Waals surface area contributed by atoms with E-state index in [1.165, 1.54) is 5.56 Å². The summed E-state index contributed by atoms with van der Waals surface area (Å²) in [7, 11) is 0. The predicted octanol–water partition coefficient (Wildman–Crippen LogP) is 2.37. The van der Waals surface area contributed by atoms with Crippen LogP contribution in [0.5, 0.6) is 0 Å². The van der Waals surface area contributed by atoms with E-state index in [4.69, 9.17) is 4.74 Å². The van der Waals surface area contributed by atoms with Crippen molar-refractivity contribution in [1.29, 1.82) is 0 Å². The maximum Gasteiger partial charge on any atom is 0.191 e. The monoisotopic (exact) mass is 570 g/mol. The zero-order chi connectivity index (χ0) is 22.8. The minimum atomic E-state index is -0.872. The topological polar surface area (TPSA) is 86.9 Å². The number of hydrogen-bond acceptors (Lipinski definition) is 5. The van der Waals surface area contributed by atoms with Crippen LogP contribution in [0.4, 0.5) is 0 Å². The van der Waals surface area contributed by atoms with E-state index in [0.29, 0.717) is 13.1 Å². The fourth-order valence-corrected chi connectivity index (χ4v) is 3.82. The molecule has 33 heavy (non-hydrogen) atoms. The van der Waals surface area contributed by atoms with E-state index < -0.39 is 5.60 Å². The van der Waals surface area contributed by atoms with Gasteiger partial charge in [0.25, 0.3) is 0 Å². The number of aromatic nitrogens is 2. The molecule has 3 rings (SSSR count). The lowest BCUT2D eigenvalue weighted by atomic mass is 10.1. The lowest BCUT2D eigenvalue weighted by molar-refractivity contribution is -0.0179. The van der Waals surface area contributed by atoms with Crippen LogP contribution < -0.4 is 10.6 Å². The second kappa shape index (κ2) is 13.9. The number of nitrogens with one attached hydrogen (secondary N) is 2. The van der Waals surface area contributed by atoms with E-state index >= 15 is 0 Å². The number of halogens is 1. The van der Waals surface area contributed by atoms with Crippen molar-refractivity contribution in [3.63, 3.8) is 0 Å². The second-order valence-corrected chi connectivity index (χ2v) is 8.63. The van der Waals surface area contributed by atoms with Gasteiger partial charge >= 0.3 is 0 Å². The van der Waals surface area contributed by atoms with Crippen molar-refractivity contribution in [3.05, 3.63) is 47.8 Å². The zero-order valence-electron chi connectivity index (χ0n) is 20.1. The van der Waals surface area contributed by atoms with Gasteiger partial charge in [-0.15, -0.1) is 24.0 Å². The van der Waals surface area contributed by atoms with Gasteiger partial charge in [0.1, 0.15) is 0 Å². The van der Waals surface area contributed by atoms with Gasteiger partial charge in [-0.1, -0.05) is 18.2 Å². The van der Waals surface area contributed by atoms with Gasteiger partial charge in [-0.25, -0.2) is 4.68 Å². The van der Waals surface area contributed by atoms with Gasteiger partial charge in [-0.05, 0) is 51.3 Å². The highest BCUT2D eigenvalue weighted by molar-refractivity contribution is 14.0. The summed E-state index contributed by atoms with van der Waals surface area (Å²) in [5.41, 5.74) is 2.52. The number of hydrogen-bond donors (Lipinski definition) is 3. The van der Waals surface area contributed by atoms with Gasteiger partial charge in [0.05, 0.1) is 36.7 Å². The van der Waals surface area contributed by atoms with Gasteiger partial charge in [-0.2, -0.15) is 5.10 Å². The molecule has 2 heterocycles. The number of para-hydroxylation sites is 1. The maximum atomic E-state index is 10.8. The zero-order valence-corrected chi connectivity index (χ0v) is 22.4. The van der Waals surface area contributed by atoms with Crippen LogP contribution in [0.1, 0.15) is 31.5 Å². The molecule has 184 valence electrons. The van der Waals surface area contributed by atoms with Crippen molar-refractivity contribution >= 4 is 29.9 Å². The first-order chi connectivity index (χ1) is 15.5. The Hall–Kier alpha value is -1.69. The molecule has 1 aromatic carbocycles. The molecule has 3 N–H and O–H groups in total. The van der Waals surface area contributed by atoms with Crippen LogP contribution in [-0.4, -0.2) is 83.8 Å².